The molecule has 0 spiro atoms. The van der Waals surface area contributed by atoms with Gasteiger partial charge in [0, 0.05) is 29.1 Å². The second kappa shape index (κ2) is 7.28. The summed E-state index contributed by atoms with van der Waals surface area (Å²) in [6, 6.07) is 3.17. The Balaban J connectivity index is 2.36. The normalized spacial score (nSPS) is 15.8. The van der Waals surface area contributed by atoms with E-state index in [-0.39, 0.29) is 16.6 Å². The third-order valence-corrected chi connectivity index (χ3v) is 4.01. The van der Waals surface area contributed by atoms with Crippen molar-refractivity contribution >= 4 is 11.7 Å². The second-order valence-corrected chi connectivity index (χ2v) is 8.33. The van der Waals surface area contributed by atoms with Crippen LogP contribution in [0.4, 0.5) is 0 Å². The zero-order valence-corrected chi connectivity index (χ0v) is 16.2. The summed E-state index contributed by atoms with van der Waals surface area (Å²) in [6.07, 6.45) is 8.24. The number of ketones is 1. The molecule has 1 aliphatic rings. The number of pyridine rings is 1. The molecule has 1 aromatic heterocycles. The molecule has 136 valence electrons. The number of aromatic nitrogens is 1. The van der Waals surface area contributed by atoms with Gasteiger partial charge in [-0.3, -0.25) is 14.6 Å². The lowest BCUT2D eigenvalue weighted by atomic mass is 9.72. The van der Waals surface area contributed by atoms with Crippen LogP contribution in [0, 0.1) is 10.8 Å². The minimum Gasteiger partial charge on any atom is -0.289 e. The molecule has 0 aromatic carbocycles. The van der Waals surface area contributed by atoms with Crippen LogP contribution in [0.5, 0.6) is 0 Å². The van der Waals surface area contributed by atoms with Gasteiger partial charge in [0.2, 0.25) is 0 Å². The van der Waals surface area contributed by atoms with Crippen LogP contribution < -0.4 is 0 Å². The van der Waals surface area contributed by atoms with Gasteiger partial charge in [0.25, 0.3) is 5.91 Å². The number of carbonyl (C=O) groups excluding carboxylic acids is 2. The molecular weight excluding hydrogens is 326 g/mol. The average Bonchev–Trinajstić information content (AvgIpc) is 2.54. The van der Waals surface area contributed by atoms with Crippen LogP contribution in [0.3, 0.4) is 0 Å². The number of carbonyl (C=O) groups is 2. The molecule has 1 amide bonds. The van der Waals surface area contributed by atoms with Crippen LogP contribution in [0.2, 0.25) is 0 Å². The van der Waals surface area contributed by atoms with Gasteiger partial charge in [-0.1, -0.05) is 41.5 Å². The van der Waals surface area contributed by atoms with Crippen molar-refractivity contribution in [3.05, 3.63) is 65.2 Å². The molecule has 0 atom stereocenters. The minimum atomic E-state index is -0.434. The van der Waals surface area contributed by atoms with E-state index in [1.54, 1.807) is 12.1 Å². The van der Waals surface area contributed by atoms with Gasteiger partial charge >= 0.3 is 0 Å². The van der Waals surface area contributed by atoms with Crippen molar-refractivity contribution in [3.8, 4) is 0 Å². The molecule has 0 bridgehead atoms. The van der Waals surface area contributed by atoms with Crippen LogP contribution in [-0.4, -0.2) is 16.7 Å². The van der Waals surface area contributed by atoms with E-state index < -0.39 is 5.91 Å². The Hall–Kier alpha value is -2.69. The summed E-state index contributed by atoms with van der Waals surface area (Å²) in [5.41, 5.74) is 2.07. The summed E-state index contributed by atoms with van der Waals surface area (Å²) in [5, 5.41) is 7.64. The van der Waals surface area contributed by atoms with E-state index in [1.807, 2.05) is 53.7 Å². The molecule has 5 nitrogen and oxygen atoms in total. The number of hydrogen-bond acceptors (Lipinski definition) is 4. The standard InChI is InChI=1S/C21H25N3O2/c1-20(2,3)16-11-14(12-17(18(16)25)21(4,5)6)13-23-24-19(26)15-7-9-22-10-8-15/h7-13H,1-6H3/b24-23+. The predicted molar refractivity (Wildman–Crippen MR) is 102 cm³/mol. The van der Waals surface area contributed by atoms with E-state index in [1.165, 1.54) is 18.6 Å². The van der Waals surface area contributed by atoms with Crippen LogP contribution in [0.1, 0.15) is 51.9 Å². The highest BCUT2D eigenvalue weighted by Gasteiger charge is 2.33. The van der Waals surface area contributed by atoms with Gasteiger partial charge in [-0.2, -0.15) is 5.11 Å². The summed E-state index contributed by atoms with van der Waals surface area (Å²) < 4.78 is 0. The largest absolute Gasteiger partial charge is 0.295 e. The fourth-order valence-electron chi connectivity index (χ4n) is 2.54. The lowest BCUT2D eigenvalue weighted by Gasteiger charge is -2.31. The number of hydrogen-bond donors (Lipinski definition) is 0. The van der Waals surface area contributed by atoms with Gasteiger partial charge in [-0.15, -0.1) is 5.11 Å². The first-order valence-corrected chi connectivity index (χ1v) is 8.54. The third kappa shape index (κ3) is 4.69. The van der Waals surface area contributed by atoms with Gasteiger partial charge in [0.05, 0.1) is 6.20 Å². The number of allylic oxidation sites excluding steroid dienone is 5. The maximum atomic E-state index is 12.9. The van der Waals surface area contributed by atoms with Crippen LogP contribution in [0.15, 0.2) is 69.8 Å². The Labute approximate surface area is 154 Å². The van der Waals surface area contributed by atoms with Crippen molar-refractivity contribution in [3.63, 3.8) is 0 Å². The summed E-state index contributed by atoms with van der Waals surface area (Å²) in [7, 11) is 0. The monoisotopic (exact) mass is 351 g/mol. The fourth-order valence-corrected chi connectivity index (χ4v) is 2.54. The van der Waals surface area contributed by atoms with Crippen LogP contribution >= 0.6 is 0 Å². The zero-order valence-electron chi connectivity index (χ0n) is 16.2. The maximum Gasteiger partial charge on any atom is 0.295 e. The SMILES string of the molecule is CC(C)(C)C1=CC(=C/N=N/C(=O)c2ccncc2)C=C(C(C)(C)C)C1=O. The molecule has 0 aliphatic heterocycles. The van der Waals surface area contributed by atoms with Gasteiger partial charge in [-0.05, 0) is 40.7 Å². The molecule has 1 aromatic rings. The van der Waals surface area contributed by atoms with E-state index in [4.69, 9.17) is 0 Å². The van der Waals surface area contributed by atoms with Crippen molar-refractivity contribution in [1.29, 1.82) is 0 Å². The number of nitrogens with zero attached hydrogens (tertiary/aromatic N) is 3. The highest BCUT2D eigenvalue weighted by molar-refractivity contribution is 6.11. The Morgan fingerprint density at radius 3 is 1.92 bits per heavy atom. The predicted octanol–water partition coefficient (Wildman–Crippen LogP) is 5.09. The molecule has 0 saturated carbocycles. The Kier molecular flexibility index (Phi) is 5.50. The quantitative estimate of drug-likeness (QED) is 0.697. The van der Waals surface area contributed by atoms with Gasteiger partial charge in [0.1, 0.15) is 0 Å². The summed E-state index contributed by atoms with van der Waals surface area (Å²) in [4.78, 5) is 28.7. The number of azo groups is 1. The Morgan fingerprint density at radius 2 is 1.46 bits per heavy atom. The second-order valence-electron chi connectivity index (χ2n) is 8.33. The molecule has 1 aliphatic carbocycles. The van der Waals surface area contributed by atoms with E-state index in [0.717, 1.165) is 16.7 Å². The highest BCUT2D eigenvalue weighted by Crippen LogP contribution is 2.38. The van der Waals surface area contributed by atoms with Crippen molar-refractivity contribution < 1.29 is 9.59 Å². The van der Waals surface area contributed by atoms with Crippen molar-refractivity contribution in [2.75, 3.05) is 0 Å². The van der Waals surface area contributed by atoms with E-state index in [9.17, 15) is 9.59 Å². The summed E-state index contributed by atoms with van der Waals surface area (Å²) in [6.45, 7) is 12.1. The lowest BCUT2D eigenvalue weighted by molar-refractivity contribution is -0.114. The lowest BCUT2D eigenvalue weighted by Crippen LogP contribution is -2.27. The molecule has 0 unspecified atom stereocenters. The maximum absolute atomic E-state index is 12.9. The van der Waals surface area contributed by atoms with Gasteiger partial charge < -0.3 is 0 Å². The molecule has 2 rings (SSSR count). The number of Topliss-reactive ketones (excluding diaryl/α,β-unsaturated/α-hetero) is 1. The highest BCUT2D eigenvalue weighted by atomic mass is 16.1. The third-order valence-electron chi connectivity index (χ3n) is 4.01. The fraction of sp³-hybridized carbons (Fsp3) is 0.381. The van der Waals surface area contributed by atoms with E-state index >= 15 is 0 Å². The van der Waals surface area contributed by atoms with Crippen molar-refractivity contribution in [2.24, 2.45) is 21.1 Å². The van der Waals surface area contributed by atoms with Crippen molar-refractivity contribution in [1.82, 2.24) is 4.98 Å². The zero-order chi connectivity index (χ0) is 19.5. The first kappa shape index (κ1) is 19.6. The Morgan fingerprint density at radius 1 is 0.962 bits per heavy atom. The minimum absolute atomic E-state index is 0.0620. The summed E-state index contributed by atoms with van der Waals surface area (Å²) in [5.74, 6) is -0.372. The van der Waals surface area contributed by atoms with Crippen molar-refractivity contribution in [2.45, 2.75) is 41.5 Å². The molecule has 0 N–H and O–H groups in total. The van der Waals surface area contributed by atoms with Gasteiger partial charge in [0.15, 0.2) is 5.78 Å². The molecule has 0 radical (unpaired) electrons. The average molecular weight is 351 g/mol. The Bertz CT molecular complexity index is 794. The molecular formula is C21H25N3O2. The molecule has 0 fully saturated rings. The number of amides is 1. The summed E-state index contributed by atoms with van der Waals surface area (Å²) >= 11 is 0. The molecule has 0 saturated heterocycles. The molecule has 26 heavy (non-hydrogen) atoms. The molecule has 1 heterocycles. The first-order chi connectivity index (χ1) is 12.0. The van der Waals surface area contributed by atoms with Crippen LogP contribution in [0.25, 0.3) is 0 Å². The van der Waals surface area contributed by atoms with E-state index in [2.05, 4.69) is 15.2 Å². The smallest absolute Gasteiger partial charge is 0.289 e. The molecule has 5 heteroatoms. The van der Waals surface area contributed by atoms with E-state index in [0.29, 0.717) is 5.56 Å². The van der Waals surface area contributed by atoms with Crippen LogP contribution in [-0.2, 0) is 4.79 Å². The van der Waals surface area contributed by atoms with Gasteiger partial charge in [-0.25, -0.2) is 0 Å². The first-order valence-electron chi connectivity index (χ1n) is 8.54. The number of rotatable bonds is 2. The topological polar surface area (TPSA) is 71.8 Å².